The third-order valence-electron chi connectivity index (χ3n) is 3.77. The van der Waals surface area contributed by atoms with Crippen LogP contribution in [0.1, 0.15) is 5.56 Å². The molecule has 0 radical (unpaired) electrons. The second kappa shape index (κ2) is 8.91. The first-order valence-corrected chi connectivity index (χ1v) is 11.5. The molecule has 3 rings (SSSR count). The van der Waals surface area contributed by atoms with Crippen LogP contribution in [0.5, 0.6) is 5.75 Å². The second-order valence-corrected chi connectivity index (χ2v) is 10.3. The maximum atomic E-state index is 12.3. The molecular weight excluding hydrogens is 416 g/mol. The molecule has 0 atom stereocenters. The van der Waals surface area contributed by atoms with E-state index < -0.39 is 10.0 Å². The molecule has 0 fully saturated rings. The van der Waals surface area contributed by atoms with Gasteiger partial charge in [0, 0.05) is 31.6 Å². The zero-order chi connectivity index (χ0) is 20.1. The molecule has 10 heteroatoms. The van der Waals surface area contributed by atoms with Crippen molar-refractivity contribution in [2.75, 3.05) is 26.5 Å². The van der Waals surface area contributed by atoms with Crippen molar-refractivity contribution in [1.82, 2.24) is 14.5 Å². The van der Waals surface area contributed by atoms with Gasteiger partial charge in [-0.1, -0.05) is 41.3 Å². The topological polar surface area (TPSA) is 84.4 Å². The summed E-state index contributed by atoms with van der Waals surface area (Å²) in [7, 11) is 1.23. The van der Waals surface area contributed by atoms with E-state index in [-0.39, 0.29) is 4.90 Å². The van der Waals surface area contributed by atoms with Gasteiger partial charge < -0.3 is 10.1 Å². The number of sulfonamides is 1. The van der Waals surface area contributed by atoms with Crippen LogP contribution in [0.2, 0.25) is 0 Å². The lowest BCUT2D eigenvalue weighted by molar-refractivity contribution is 0.415. The van der Waals surface area contributed by atoms with Gasteiger partial charge in [0.05, 0.1) is 12.0 Å². The van der Waals surface area contributed by atoms with Crippen molar-refractivity contribution in [2.45, 2.75) is 15.0 Å². The lowest BCUT2D eigenvalue weighted by Crippen LogP contribution is -2.22. The molecule has 0 aliphatic carbocycles. The van der Waals surface area contributed by atoms with Gasteiger partial charge >= 0.3 is 0 Å². The number of ether oxygens (including phenoxy) is 1. The molecule has 1 heterocycles. The maximum Gasteiger partial charge on any atom is 0.242 e. The van der Waals surface area contributed by atoms with Gasteiger partial charge in [-0.05, 0) is 29.8 Å². The summed E-state index contributed by atoms with van der Waals surface area (Å²) in [5.41, 5.74) is 1.78. The first-order chi connectivity index (χ1) is 13.4. The van der Waals surface area contributed by atoms with Gasteiger partial charge in [-0.25, -0.2) is 12.7 Å². The monoisotopic (exact) mass is 436 g/mol. The number of aromatic nitrogens is 2. The minimum absolute atomic E-state index is 0.285. The van der Waals surface area contributed by atoms with Crippen molar-refractivity contribution in [3.8, 4) is 5.75 Å². The van der Waals surface area contributed by atoms with Crippen LogP contribution in [0, 0.1) is 0 Å². The molecular formula is C18H20N4O3S3. The van der Waals surface area contributed by atoms with Crippen LogP contribution in [0.15, 0.2) is 57.8 Å². The number of hydrogen-bond donors (Lipinski definition) is 1. The molecule has 1 aromatic heterocycles. The fourth-order valence-corrected chi connectivity index (χ4v) is 4.98. The highest BCUT2D eigenvalue weighted by molar-refractivity contribution is 8.00. The second-order valence-electron chi connectivity index (χ2n) is 5.95. The quantitative estimate of drug-likeness (QED) is 0.537. The van der Waals surface area contributed by atoms with Crippen LogP contribution in [-0.4, -0.2) is 44.1 Å². The zero-order valence-electron chi connectivity index (χ0n) is 15.6. The molecule has 0 amide bonds. The van der Waals surface area contributed by atoms with Crippen molar-refractivity contribution < 1.29 is 13.2 Å². The fourth-order valence-electron chi connectivity index (χ4n) is 2.29. The molecule has 0 unspecified atom stereocenters. The van der Waals surface area contributed by atoms with E-state index in [4.69, 9.17) is 4.74 Å². The molecule has 0 bridgehead atoms. The number of rotatable bonds is 8. The summed E-state index contributed by atoms with van der Waals surface area (Å²) < 4.78 is 31.7. The minimum atomic E-state index is -3.44. The SMILES string of the molecule is COc1cccc(Nc2nnc(SCc3cccc(S(=O)(=O)N(C)C)c3)s2)c1. The van der Waals surface area contributed by atoms with Crippen LogP contribution < -0.4 is 10.1 Å². The molecule has 2 aromatic carbocycles. The summed E-state index contributed by atoms with van der Waals surface area (Å²) in [6.45, 7) is 0. The number of nitrogens with zero attached hydrogens (tertiary/aromatic N) is 3. The highest BCUT2D eigenvalue weighted by atomic mass is 32.2. The van der Waals surface area contributed by atoms with Gasteiger partial charge in [-0.15, -0.1) is 10.2 Å². The molecule has 0 aliphatic heterocycles. The minimum Gasteiger partial charge on any atom is -0.497 e. The first-order valence-electron chi connectivity index (χ1n) is 8.27. The van der Waals surface area contributed by atoms with Gasteiger partial charge in [0.2, 0.25) is 15.2 Å². The van der Waals surface area contributed by atoms with E-state index in [2.05, 4.69) is 15.5 Å². The zero-order valence-corrected chi connectivity index (χ0v) is 18.1. The number of thioether (sulfide) groups is 1. The third-order valence-corrected chi connectivity index (χ3v) is 7.62. The van der Waals surface area contributed by atoms with Gasteiger partial charge in [-0.3, -0.25) is 0 Å². The molecule has 0 aliphatic rings. The lowest BCUT2D eigenvalue weighted by Gasteiger charge is -2.12. The molecule has 7 nitrogen and oxygen atoms in total. The average molecular weight is 437 g/mol. The van der Waals surface area contributed by atoms with E-state index >= 15 is 0 Å². The van der Waals surface area contributed by atoms with Gasteiger partial charge in [0.25, 0.3) is 0 Å². The summed E-state index contributed by atoms with van der Waals surface area (Å²) in [6.07, 6.45) is 0. The van der Waals surface area contributed by atoms with E-state index in [0.717, 1.165) is 21.3 Å². The van der Waals surface area contributed by atoms with Crippen LogP contribution in [0.3, 0.4) is 0 Å². The largest absolute Gasteiger partial charge is 0.497 e. The number of nitrogens with one attached hydrogen (secondary N) is 1. The van der Waals surface area contributed by atoms with Crippen molar-refractivity contribution in [3.63, 3.8) is 0 Å². The Bertz CT molecular complexity index is 1050. The Balaban J connectivity index is 1.65. The van der Waals surface area contributed by atoms with Gasteiger partial charge in [0.15, 0.2) is 4.34 Å². The van der Waals surface area contributed by atoms with Gasteiger partial charge in [-0.2, -0.15) is 0 Å². The van der Waals surface area contributed by atoms with E-state index in [1.54, 1.807) is 25.3 Å². The number of methoxy groups -OCH3 is 1. The van der Waals surface area contributed by atoms with Crippen molar-refractivity contribution in [2.24, 2.45) is 0 Å². The van der Waals surface area contributed by atoms with E-state index in [1.165, 1.54) is 41.5 Å². The van der Waals surface area contributed by atoms with Crippen molar-refractivity contribution >= 4 is 43.9 Å². The van der Waals surface area contributed by atoms with Crippen LogP contribution in [-0.2, 0) is 15.8 Å². The third kappa shape index (κ3) is 5.02. The Labute approximate surface area is 172 Å². The number of anilines is 2. The Hall–Kier alpha value is -2.14. The van der Waals surface area contributed by atoms with E-state index in [9.17, 15) is 8.42 Å². The average Bonchev–Trinajstić information content (AvgIpc) is 3.14. The maximum absolute atomic E-state index is 12.3. The lowest BCUT2D eigenvalue weighted by atomic mass is 10.2. The predicted molar refractivity (Wildman–Crippen MR) is 113 cm³/mol. The molecule has 1 N–H and O–H groups in total. The van der Waals surface area contributed by atoms with Gasteiger partial charge in [0.1, 0.15) is 5.75 Å². The number of hydrogen-bond acceptors (Lipinski definition) is 8. The highest BCUT2D eigenvalue weighted by Crippen LogP contribution is 2.31. The predicted octanol–water partition coefficient (Wildman–Crippen LogP) is 3.83. The van der Waals surface area contributed by atoms with E-state index in [1.807, 2.05) is 30.3 Å². The smallest absolute Gasteiger partial charge is 0.242 e. The summed E-state index contributed by atoms with van der Waals surface area (Å²) in [5, 5.41) is 12.2. The number of benzene rings is 2. The summed E-state index contributed by atoms with van der Waals surface area (Å²) >= 11 is 2.95. The summed E-state index contributed by atoms with van der Waals surface area (Å²) in [4.78, 5) is 0.285. The Morgan fingerprint density at radius 2 is 1.93 bits per heavy atom. The fraction of sp³-hybridized carbons (Fsp3) is 0.222. The Morgan fingerprint density at radius 1 is 1.14 bits per heavy atom. The normalized spacial score (nSPS) is 11.6. The molecule has 0 spiro atoms. The standard InChI is InChI=1S/C18H20N4O3S3/c1-22(2)28(23,24)16-9-4-6-13(10-16)12-26-18-21-20-17(27-18)19-14-7-5-8-15(11-14)25-3/h4-11H,12H2,1-3H3,(H,19,20). The van der Waals surface area contributed by atoms with Crippen LogP contribution in [0.4, 0.5) is 10.8 Å². The Morgan fingerprint density at radius 3 is 2.68 bits per heavy atom. The molecule has 0 saturated heterocycles. The summed E-state index contributed by atoms with van der Waals surface area (Å²) in [5.74, 6) is 1.36. The molecule has 0 saturated carbocycles. The summed E-state index contributed by atoms with van der Waals surface area (Å²) in [6, 6.07) is 14.5. The molecule has 28 heavy (non-hydrogen) atoms. The molecule has 148 valence electrons. The van der Waals surface area contributed by atoms with E-state index in [0.29, 0.717) is 10.9 Å². The highest BCUT2D eigenvalue weighted by Gasteiger charge is 2.17. The van der Waals surface area contributed by atoms with Crippen molar-refractivity contribution in [3.05, 3.63) is 54.1 Å². The van der Waals surface area contributed by atoms with Crippen LogP contribution in [0.25, 0.3) is 0 Å². The molecule has 3 aromatic rings. The van der Waals surface area contributed by atoms with Crippen molar-refractivity contribution in [1.29, 1.82) is 0 Å². The first kappa shape index (κ1) is 20.6. The Kier molecular flexibility index (Phi) is 6.55. The van der Waals surface area contributed by atoms with Crippen LogP contribution >= 0.6 is 23.1 Å².